The Morgan fingerprint density at radius 2 is 1.92 bits per heavy atom. The van der Waals surface area contributed by atoms with E-state index in [4.69, 9.17) is 14.8 Å². The van der Waals surface area contributed by atoms with E-state index in [2.05, 4.69) is 57.0 Å². The Labute approximate surface area is 156 Å². The van der Waals surface area contributed by atoms with Crippen LogP contribution in [-0.2, 0) is 11.3 Å². The molecule has 0 spiro atoms. The summed E-state index contributed by atoms with van der Waals surface area (Å²) in [4.78, 5) is 9.51. The minimum Gasteiger partial charge on any atom is -0.378 e. The fourth-order valence-electron chi connectivity index (χ4n) is 3.79. The van der Waals surface area contributed by atoms with Gasteiger partial charge in [0.1, 0.15) is 10.4 Å². The first-order chi connectivity index (χ1) is 12.1. The van der Waals surface area contributed by atoms with Gasteiger partial charge in [-0.2, -0.15) is 0 Å². The lowest BCUT2D eigenvalue weighted by molar-refractivity contribution is 0.122. The number of piperazine rings is 1. The van der Waals surface area contributed by atoms with Crippen molar-refractivity contribution in [3.8, 4) is 0 Å². The summed E-state index contributed by atoms with van der Waals surface area (Å²) in [6.45, 7) is 10.7. The molecule has 2 atom stereocenters. The van der Waals surface area contributed by atoms with E-state index in [1.165, 1.54) is 0 Å². The normalized spacial score (nSPS) is 25.6. The van der Waals surface area contributed by atoms with Crippen molar-refractivity contribution in [1.82, 2.24) is 24.8 Å². The van der Waals surface area contributed by atoms with E-state index in [-0.39, 0.29) is 0 Å². The first-order valence-electron chi connectivity index (χ1n) is 8.95. The molecule has 4 rings (SSSR count). The molecule has 0 aliphatic carbocycles. The molecule has 2 aliphatic heterocycles. The van der Waals surface area contributed by atoms with Gasteiger partial charge < -0.3 is 15.0 Å². The van der Waals surface area contributed by atoms with Gasteiger partial charge in [0.15, 0.2) is 5.65 Å². The number of hydrogen-bond donors (Lipinski definition) is 1. The first-order valence-corrected chi connectivity index (χ1v) is 9.74. The maximum absolute atomic E-state index is 5.43. The third-order valence-electron chi connectivity index (χ3n) is 4.82. The Morgan fingerprint density at radius 3 is 2.64 bits per heavy atom. The van der Waals surface area contributed by atoms with Gasteiger partial charge in [0.05, 0.1) is 18.9 Å². The molecule has 4 heterocycles. The van der Waals surface area contributed by atoms with E-state index >= 15 is 0 Å². The molecule has 8 heteroatoms. The maximum Gasteiger partial charge on any atom is 0.155 e. The SMILES string of the molecule is CC1CN(Cc2nc3ccc(N4CCOCC4)nn3c2Br)CC(C)N1. The first kappa shape index (κ1) is 17.2. The Bertz CT molecular complexity index is 734. The summed E-state index contributed by atoms with van der Waals surface area (Å²) in [5.41, 5.74) is 1.93. The lowest BCUT2D eigenvalue weighted by Gasteiger charge is -2.35. The van der Waals surface area contributed by atoms with Crippen LogP contribution >= 0.6 is 15.9 Å². The molecule has 25 heavy (non-hydrogen) atoms. The minimum atomic E-state index is 0.505. The molecule has 2 aromatic heterocycles. The number of ether oxygens (including phenoxy) is 1. The van der Waals surface area contributed by atoms with Crippen molar-refractivity contribution in [2.75, 3.05) is 44.3 Å². The van der Waals surface area contributed by atoms with Gasteiger partial charge in [-0.1, -0.05) is 0 Å². The smallest absolute Gasteiger partial charge is 0.155 e. The van der Waals surface area contributed by atoms with Crippen LogP contribution in [-0.4, -0.2) is 71.0 Å². The monoisotopic (exact) mass is 408 g/mol. The standard InChI is InChI=1S/C17H25BrN6O/c1-12-9-22(10-13(2)19-12)11-14-17(18)24-15(20-14)3-4-16(21-24)23-5-7-25-8-6-23/h3-4,12-13,19H,5-11H2,1-2H3. The zero-order chi connectivity index (χ0) is 17.4. The summed E-state index contributed by atoms with van der Waals surface area (Å²) in [6, 6.07) is 5.12. The lowest BCUT2D eigenvalue weighted by atomic mass is 10.1. The average Bonchev–Trinajstić information content (AvgIpc) is 2.90. The molecule has 0 saturated carbocycles. The number of nitrogens with zero attached hydrogens (tertiary/aromatic N) is 5. The highest BCUT2D eigenvalue weighted by Gasteiger charge is 2.23. The summed E-state index contributed by atoms with van der Waals surface area (Å²) in [5.74, 6) is 0.977. The molecule has 2 unspecified atom stereocenters. The van der Waals surface area contributed by atoms with Crippen molar-refractivity contribution in [3.63, 3.8) is 0 Å². The van der Waals surface area contributed by atoms with Crippen LogP contribution in [0.3, 0.4) is 0 Å². The third-order valence-corrected chi connectivity index (χ3v) is 5.61. The van der Waals surface area contributed by atoms with E-state index in [0.29, 0.717) is 12.1 Å². The molecule has 2 fully saturated rings. The van der Waals surface area contributed by atoms with Crippen molar-refractivity contribution in [2.24, 2.45) is 0 Å². The van der Waals surface area contributed by atoms with Crippen LogP contribution in [0.4, 0.5) is 5.82 Å². The van der Waals surface area contributed by atoms with E-state index in [0.717, 1.165) is 67.7 Å². The van der Waals surface area contributed by atoms with Gasteiger partial charge in [-0.05, 0) is 41.9 Å². The molecule has 136 valence electrons. The molecule has 0 amide bonds. The zero-order valence-electron chi connectivity index (χ0n) is 14.8. The van der Waals surface area contributed by atoms with Crippen LogP contribution in [0.15, 0.2) is 16.7 Å². The predicted octanol–water partition coefficient (Wildman–Crippen LogP) is 1.51. The molecule has 1 N–H and O–H groups in total. The Kier molecular flexibility index (Phi) is 4.95. The molecule has 2 saturated heterocycles. The van der Waals surface area contributed by atoms with Gasteiger partial charge in [-0.15, -0.1) is 5.10 Å². The number of imidazole rings is 1. The highest BCUT2D eigenvalue weighted by atomic mass is 79.9. The summed E-state index contributed by atoms with van der Waals surface area (Å²) in [6.07, 6.45) is 0. The molecule has 0 bridgehead atoms. The highest BCUT2D eigenvalue weighted by molar-refractivity contribution is 9.10. The number of halogens is 1. The second-order valence-corrected chi connectivity index (χ2v) is 7.82. The topological polar surface area (TPSA) is 57.9 Å². The Balaban J connectivity index is 1.57. The number of nitrogens with one attached hydrogen (secondary N) is 1. The van der Waals surface area contributed by atoms with Crippen molar-refractivity contribution in [2.45, 2.75) is 32.5 Å². The van der Waals surface area contributed by atoms with Crippen molar-refractivity contribution < 1.29 is 4.74 Å². The molecule has 0 aromatic carbocycles. The number of hydrogen-bond acceptors (Lipinski definition) is 6. The van der Waals surface area contributed by atoms with Gasteiger partial charge >= 0.3 is 0 Å². The Morgan fingerprint density at radius 1 is 1.20 bits per heavy atom. The van der Waals surface area contributed by atoms with Gasteiger partial charge in [0.25, 0.3) is 0 Å². The quantitative estimate of drug-likeness (QED) is 0.830. The van der Waals surface area contributed by atoms with Crippen LogP contribution in [0.1, 0.15) is 19.5 Å². The van der Waals surface area contributed by atoms with E-state index in [1.807, 2.05) is 4.52 Å². The van der Waals surface area contributed by atoms with Crippen LogP contribution in [0.25, 0.3) is 5.65 Å². The maximum atomic E-state index is 5.43. The molecule has 0 radical (unpaired) electrons. The zero-order valence-corrected chi connectivity index (χ0v) is 16.4. The van der Waals surface area contributed by atoms with Gasteiger partial charge in [-0.3, -0.25) is 4.90 Å². The van der Waals surface area contributed by atoms with Crippen molar-refractivity contribution >= 4 is 27.4 Å². The van der Waals surface area contributed by atoms with E-state index in [9.17, 15) is 0 Å². The summed E-state index contributed by atoms with van der Waals surface area (Å²) < 4.78 is 8.30. The summed E-state index contributed by atoms with van der Waals surface area (Å²) >= 11 is 3.72. The second-order valence-electron chi connectivity index (χ2n) is 7.07. The van der Waals surface area contributed by atoms with Crippen LogP contribution in [0.2, 0.25) is 0 Å². The number of rotatable bonds is 3. The van der Waals surface area contributed by atoms with Crippen molar-refractivity contribution in [1.29, 1.82) is 0 Å². The number of fused-ring (bicyclic) bond motifs is 1. The minimum absolute atomic E-state index is 0.505. The fraction of sp³-hybridized carbons (Fsp3) is 0.647. The van der Waals surface area contributed by atoms with E-state index in [1.54, 1.807) is 0 Å². The highest BCUT2D eigenvalue weighted by Crippen LogP contribution is 2.23. The summed E-state index contributed by atoms with van der Waals surface area (Å²) in [5, 5.41) is 8.36. The fourth-order valence-corrected chi connectivity index (χ4v) is 4.26. The van der Waals surface area contributed by atoms with E-state index < -0.39 is 0 Å². The largest absolute Gasteiger partial charge is 0.378 e. The van der Waals surface area contributed by atoms with Crippen LogP contribution in [0.5, 0.6) is 0 Å². The van der Waals surface area contributed by atoms with Crippen molar-refractivity contribution in [3.05, 3.63) is 22.4 Å². The van der Waals surface area contributed by atoms with Crippen LogP contribution in [0, 0.1) is 0 Å². The number of anilines is 1. The predicted molar refractivity (Wildman–Crippen MR) is 101 cm³/mol. The Hall–Kier alpha value is -1.22. The molecular formula is C17H25BrN6O. The molecule has 7 nitrogen and oxygen atoms in total. The lowest BCUT2D eigenvalue weighted by Crippen LogP contribution is -2.53. The average molecular weight is 409 g/mol. The summed E-state index contributed by atoms with van der Waals surface area (Å²) in [7, 11) is 0. The molecular weight excluding hydrogens is 384 g/mol. The van der Waals surface area contributed by atoms with Crippen LogP contribution < -0.4 is 10.2 Å². The number of morpholine rings is 1. The van der Waals surface area contributed by atoms with Gasteiger partial charge in [0, 0.05) is 44.8 Å². The third kappa shape index (κ3) is 3.67. The number of aromatic nitrogens is 3. The molecule has 2 aromatic rings. The second kappa shape index (κ2) is 7.19. The molecule has 2 aliphatic rings. The van der Waals surface area contributed by atoms with Gasteiger partial charge in [0.2, 0.25) is 0 Å². The van der Waals surface area contributed by atoms with Gasteiger partial charge in [-0.25, -0.2) is 9.50 Å².